The van der Waals surface area contributed by atoms with Gasteiger partial charge >= 0.3 is 12.3 Å². The van der Waals surface area contributed by atoms with Crippen molar-refractivity contribution in [2.45, 2.75) is 25.6 Å². The van der Waals surface area contributed by atoms with E-state index in [2.05, 4.69) is 14.5 Å². The molecule has 0 amide bonds. The molecule has 0 saturated heterocycles. The molecule has 1 aromatic rings. The first-order valence-electron chi connectivity index (χ1n) is 5.50. The van der Waals surface area contributed by atoms with Crippen LogP contribution in [0.5, 0.6) is 5.75 Å². The zero-order valence-corrected chi connectivity index (χ0v) is 11.3. The molecule has 0 aliphatic rings. The van der Waals surface area contributed by atoms with Crippen LogP contribution in [0, 0.1) is 0 Å². The molecule has 1 rings (SSSR count). The number of rotatable bonds is 5. The molecular weight excluding hydrogens is 325 g/mol. The fraction of sp³-hybridized carbons (Fsp3) is 0.455. The van der Waals surface area contributed by atoms with Gasteiger partial charge in [-0.1, -0.05) is 0 Å². The number of esters is 1. The lowest BCUT2D eigenvalue weighted by Gasteiger charge is -2.15. The number of pyridine rings is 1. The minimum Gasteiger partial charge on any atom is -0.462 e. The van der Waals surface area contributed by atoms with Crippen LogP contribution in [-0.2, 0) is 10.6 Å². The van der Waals surface area contributed by atoms with Crippen molar-refractivity contribution in [2.75, 3.05) is 6.61 Å². The standard InChI is InChI=1S/C11H9ClF5NO3/c1-2-20-10(19)5-3-7(21-11(15,16)17)6(4-12)18-8(5)9(13)14/h3,9H,2,4H2,1H3. The molecule has 0 aliphatic carbocycles. The molecule has 0 N–H and O–H groups in total. The van der Waals surface area contributed by atoms with Gasteiger partial charge in [-0.25, -0.2) is 18.6 Å². The second-order valence-corrected chi connectivity index (χ2v) is 3.84. The molecule has 1 aromatic heterocycles. The van der Waals surface area contributed by atoms with Gasteiger partial charge in [-0.15, -0.1) is 24.8 Å². The van der Waals surface area contributed by atoms with Gasteiger partial charge < -0.3 is 9.47 Å². The summed E-state index contributed by atoms with van der Waals surface area (Å²) in [6, 6.07) is 0.498. The number of carbonyl (C=O) groups is 1. The van der Waals surface area contributed by atoms with Crippen LogP contribution in [0.15, 0.2) is 6.07 Å². The van der Waals surface area contributed by atoms with Crippen molar-refractivity contribution in [2.24, 2.45) is 0 Å². The van der Waals surface area contributed by atoms with Crippen molar-refractivity contribution >= 4 is 17.6 Å². The van der Waals surface area contributed by atoms with Crippen LogP contribution >= 0.6 is 11.6 Å². The van der Waals surface area contributed by atoms with Crippen molar-refractivity contribution in [1.29, 1.82) is 0 Å². The molecule has 0 saturated carbocycles. The van der Waals surface area contributed by atoms with E-state index in [1.165, 1.54) is 6.92 Å². The summed E-state index contributed by atoms with van der Waals surface area (Å²) in [5, 5.41) is 0. The summed E-state index contributed by atoms with van der Waals surface area (Å²) in [6.45, 7) is 1.27. The van der Waals surface area contributed by atoms with Gasteiger partial charge in [-0.2, -0.15) is 0 Å². The molecule has 118 valence electrons. The lowest BCUT2D eigenvalue weighted by Crippen LogP contribution is -2.20. The maximum Gasteiger partial charge on any atom is 0.573 e. The summed E-state index contributed by atoms with van der Waals surface area (Å²) in [4.78, 5) is 14.8. The van der Waals surface area contributed by atoms with Crippen molar-refractivity contribution in [3.05, 3.63) is 23.0 Å². The maximum atomic E-state index is 12.8. The van der Waals surface area contributed by atoms with Crippen molar-refractivity contribution < 1.29 is 36.2 Å². The lowest BCUT2D eigenvalue weighted by molar-refractivity contribution is -0.275. The lowest BCUT2D eigenvalue weighted by atomic mass is 10.1. The van der Waals surface area contributed by atoms with E-state index in [0.717, 1.165) is 0 Å². The molecule has 10 heteroatoms. The SMILES string of the molecule is CCOC(=O)c1cc(OC(F)(F)F)c(CCl)nc1C(F)F. The first-order chi connectivity index (χ1) is 9.69. The summed E-state index contributed by atoms with van der Waals surface area (Å²) >= 11 is 5.36. The monoisotopic (exact) mass is 333 g/mol. The summed E-state index contributed by atoms with van der Waals surface area (Å²) < 4.78 is 70.5. The van der Waals surface area contributed by atoms with Crippen molar-refractivity contribution in [3.8, 4) is 5.75 Å². The van der Waals surface area contributed by atoms with Crippen LogP contribution in [0.1, 0.15) is 35.1 Å². The molecule has 0 unspecified atom stereocenters. The van der Waals surface area contributed by atoms with Crippen LogP contribution in [0.3, 0.4) is 0 Å². The summed E-state index contributed by atoms with van der Waals surface area (Å²) in [6.07, 6.45) is -8.27. The number of ether oxygens (including phenoxy) is 2. The Balaban J connectivity index is 3.38. The number of hydrogen-bond donors (Lipinski definition) is 0. The molecule has 0 bridgehead atoms. The quantitative estimate of drug-likeness (QED) is 0.467. The van der Waals surface area contributed by atoms with Crippen LogP contribution in [0.25, 0.3) is 0 Å². The van der Waals surface area contributed by atoms with E-state index in [9.17, 15) is 26.7 Å². The highest BCUT2D eigenvalue weighted by Gasteiger charge is 2.34. The summed E-state index contributed by atoms with van der Waals surface area (Å²) in [5.41, 5.74) is -2.38. The van der Waals surface area contributed by atoms with Gasteiger partial charge in [0, 0.05) is 0 Å². The van der Waals surface area contributed by atoms with Gasteiger partial charge in [0.15, 0.2) is 5.75 Å². The third-order valence-corrected chi connectivity index (χ3v) is 2.40. The molecular formula is C11H9ClF5NO3. The Hall–Kier alpha value is -1.64. The Kier molecular flexibility index (Phi) is 5.70. The molecule has 0 fully saturated rings. The predicted octanol–water partition coefficient (Wildman–Crippen LogP) is 3.83. The van der Waals surface area contributed by atoms with Gasteiger partial charge in [-0.05, 0) is 13.0 Å². The average molecular weight is 334 g/mol. The highest BCUT2D eigenvalue weighted by atomic mass is 35.5. The fourth-order valence-corrected chi connectivity index (χ4v) is 1.59. The minimum atomic E-state index is -5.08. The molecule has 0 spiro atoms. The van der Waals surface area contributed by atoms with Gasteiger partial charge in [0.05, 0.1) is 23.7 Å². The fourth-order valence-electron chi connectivity index (χ4n) is 1.40. The largest absolute Gasteiger partial charge is 0.573 e. The number of aromatic nitrogens is 1. The number of carbonyl (C=O) groups excluding carboxylic acids is 1. The number of halogens is 6. The van der Waals surface area contributed by atoms with E-state index in [1.54, 1.807) is 0 Å². The highest BCUT2D eigenvalue weighted by Crippen LogP contribution is 2.32. The van der Waals surface area contributed by atoms with Crippen LogP contribution in [-0.4, -0.2) is 23.9 Å². The Morgan fingerprint density at radius 2 is 2.05 bits per heavy atom. The van der Waals surface area contributed by atoms with E-state index >= 15 is 0 Å². The van der Waals surface area contributed by atoms with Gasteiger partial charge in [0.2, 0.25) is 0 Å². The second kappa shape index (κ2) is 6.88. The minimum absolute atomic E-state index is 0.145. The van der Waals surface area contributed by atoms with E-state index in [0.29, 0.717) is 6.07 Å². The number of alkyl halides is 6. The zero-order valence-electron chi connectivity index (χ0n) is 10.5. The molecule has 21 heavy (non-hydrogen) atoms. The van der Waals surface area contributed by atoms with Crippen molar-refractivity contribution in [1.82, 2.24) is 4.98 Å². The molecule has 0 atom stereocenters. The Labute approximate surface area is 120 Å². The van der Waals surface area contributed by atoms with E-state index in [4.69, 9.17) is 11.6 Å². The van der Waals surface area contributed by atoms with Gasteiger partial charge in [0.25, 0.3) is 6.43 Å². The summed E-state index contributed by atoms with van der Waals surface area (Å²) in [7, 11) is 0. The second-order valence-electron chi connectivity index (χ2n) is 3.57. The maximum absolute atomic E-state index is 12.8. The average Bonchev–Trinajstić information content (AvgIpc) is 2.36. The van der Waals surface area contributed by atoms with E-state index < -0.39 is 47.3 Å². The normalized spacial score (nSPS) is 11.6. The molecule has 0 radical (unpaired) electrons. The molecule has 4 nitrogen and oxygen atoms in total. The smallest absolute Gasteiger partial charge is 0.462 e. The molecule has 0 aromatic carbocycles. The van der Waals surface area contributed by atoms with Crippen LogP contribution in [0.2, 0.25) is 0 Å². The van der Waals surface area contributed by atoms with E-state index in [-0.39, 0.29) is 6.61 Å². The van der Waals surface area contributed by atoms with Crippen LogP contribution in [0.4, 0.5) is 22.0 Å². The third kappa shape index (κ3) is 4.69. The molecule has 0 aliphatic heterocycles. The van der Waals surface area contributed by atoms with Gasteiger partial charge in [-0.3, -0.25) is 0 Å². The Morgan fingerprint density at radius 3 is 2.48 bits per heavy atom. The first-order valence-corrected chi connectivity index (χ1v) is 6.03. The number of hydrogen-bond acceptors (Lipinski definition) is 4. The first kappa shape index (κ1) is 17.4. The number of nitrogens with zero attached hydrogens (tertiary/aromatic N) is 1. The Bertz CT molecular complexity index is 521. The van der Waals surface area contributed by atoms with Gasteiger partial charge in [0.1, 0.15) is 5.69 Å². The highest BCUT2D eigenvalue weighted by molar-refractivity contribution is 6.17. The summed E-state index contributed by atoms with van der Waals surface area (Å²) in [5.74, 6) is -2.76. The third-order valence-electron chi connectivity index (χ3n) is 2.15. The Morgan fingerprint density at radius 1 is 1.43 bits per heavy atom. The van der Waals surface area contributed by atoms with E-state index in [1.807, 2.05) is 0 Å². The van der Waals surface area contributed by atoms with Crippen molar-refractivity contribution in [3.63, 3.8) is 0 Å². The topological polar surface area (TPSA) is 48.4 Å². The zero-order chi connectivity index (χ0) is 16.2. The predicted molar refractivity (Wildman–Crippen MR) is 61.4 cm³/mol. The molecule has 1 heterocycles. The van der Waals surface area contributed by atoms with Crippen LogP contribution < -0.4 is 4.74 Å².